The molecule has 9 heteroatoms. The van der Waals surface area contributed by atoms with Crippen LogP contribution in [0.5, 0.6) is 17.2 Å². The lowest BCUT2D eigenvalue weighted by Crippen LogP contribution is -2.40. The van der Waals surface area contributed by atoms with E-state index in [2.05, 4.69) is 15.6 Å². The molecule has 4 aromatic rings. The fraction of sp³-hybridized carbons (Fsp3) is 0.212. The van der Waals surface area contributed by atoms with E-state index < -0.39 is 5.97 Å². The van der Waals surface area contributed by atoms with Crippen LogP contribution in [0.25, 0.3) is 0 Å². The molecular formula is C33H31N3O6. The van der Waals surface area contributed by atoms with Gasteiger partial charge in [0.25, 0.3) is 5.91 Å². The summed E-state index contributed by atoms with van der Waals surface area (Å²) in [6.45, 7) is 0. The normalized spacial score (nSPS) is 16.2. The number of para-hydroxylation sites is 1. The van der Waals surface area contributed by atoms with Gasteiger partial charge >= 0.3 is 5.97 Å². The Balaban J connectivity index is 1.06. The van der Waals surface area contributed by atoms with Crippen LogP contribution in [0.1, 0.15) is 52.1 Å². The molecule has 1 aliphatic carbocycles. The second kappa shape index (κ2) is 13.5. The van der Waals surface area contributed by atoms with Gasteiger partial charge in [0.1, 0.15) is 22.9 Å². The van der Waals surface area contributed by atoms with E-state index in [0.29, 0.717) is 17.2 Å². The van der Waals surface area contributed by atoms with E-state index in [1.54, 1.807) is 66.9 Å². The van der Waals surface area contributed by atoms with Gasteiger partial charge in [0, 0.05) is 12.2 Å². The molecular weight excluding hydrogens is 534 g/mol. The van der Waals surface area contributed by atoms with Gasteiger partial charge in [-0.1, -0.05) is 30.3 Å². The number of nitrogens with zero attached hydrogens (tertiary/aromatic N) is 1. The number of anilines is 1. The van der Waals surface area contributed by atoms with E-state index in [4.69, 9.17) is 9.47 Å². The predicted molar refractivity (Wildman–Crippen MR) is 157 cm³/mol. The summed E-state index contributed by atoms with van der Waals surface area (Å²) in [5, 5.41) is 15.0. The zero-order chi connectivity index (χ0) is 29.3. The highest BCUT2D eigenvalue weighted by molar-refractivity contribution is 6.01. The zero-order valence-corrected chi connectivity index (χ0v) is 22.9. The number of carboxylic acid groups (broad SMARTS) is 1. The standard InChI is InChI=1S/C33H31N3O6/c37-31(36-29-6-2-1-5-28(29)33(39)40)21-22-8-12-24(13-9-22)41-26-16-18-27(19-17-26)42-25-14-10-23(11-15-25)35-32(38)30-7-3-4-20-34-30/h1-9,12-13,16-20,23,25H,10-11,14-15,21H2,(H,35,38)(H,36,37)(H,39,40). The third-order valence-corrected chi connectivity index (χ3v) is 6.99. The molecule has 3 N–H and O–H groups in total. The average Bonchev–Trinajstić information content (AvgIpc) is 3.00. The van der Waals surface area contributed by atoms with Crippen LogP contribution in [0.4, 0.5) is 5.69 Å². The Morgan fingerprint density at radius 1 is 0.786 bits per heavy atom. The Hall–Kier alpha value is -5.18. The minimum absolute atomic E-state index is 0.0425. The number of nitrogens with one attached hydrogen (secondary N) is 2. The summed E-state index contributed by atoms with van der Waals surface area (Å²) in [5.41, 5.74) is 1.50. The highest BCUT2D eigenvalue weighted by atomic mass is 16.5. The van der Waals surface area contributed by atoms with Crippen molar-refractivity contribution in [2.24, 2.45) is 0 Å². The molecule has 3 aromatic carbocycles. The number of carbonyl (C=O) groups excluding carboxylic acids is 2. The molecule has 1 fully saturated rings. The number of pyridine rings is 1. The van der Waals surface area contributed by atoms with Gasteiger partial charge in [-0.25, -0.2) is 4.79 Å². The third kappa shape index (κ3) is 7.72. The van der Waals surface area contributed by atoms with E-state index in [0.717, 1.165) is 37.0 Å². The first-order chi connectivity index (χ1) is 20.4. The van der Waals surface area contributed by atoms with Gasteiger partial charge in [-0.2, -0.15) is 0 Å². The number of rotatable bonds is 10. The van der Waals surface area contributed by atoms with Crippen molar-refractivity contribution in [1.29, 1.82) is 0 Å². The van der Waals surface area contributed by atoms with Gasteiger partial charge < -0.3 is 25.2 Å². The average molecular weight is 566 g/mol. The van der Waals surface area contributed by atoms with E-state index in [1.807, 2.05) is 24.3 Å². The van der Waals surface area contributed by atoms with E-state index in [9.17, 15) is 19.5 Å². The maximum absolute atomic E-state index is 12.5. The van der Waals surface area contributed by atoms with Gasteiger partial charge in [-0.3, -0.25) is 14.6 Å². The molecule has 5 rings (SSSR count). The molecule has 0 saturated heterocycles. The Kier molecular flexibility index (Phi) is 9.08. The molecule has 1 saturated carbocycles. The van der Waals surface area contributed by atoms with Gasteiger partial charge in [-0.05, 0) is 91.9 Å². The van der Waals surface area contributed by atoms with Crippen LogP contribution in [0.15, 0.2) is 97.2 Å². The van der Waals surface area contributed by atoms with Gasteiger partial charge in [-0.15, -0.1) is 0 Å². The van der Waals surface area contributed by atoms with Crippen molar-refractivity contribution >= 4 is 23.5 Å². The first-order valence-corrected chi connectivity index (χ1v) is 13.8. The zero-order valence-electron chi connectivity index (χ0n) is 22.9. The van der Waals surface area contributed by atoms with E-state index in [-0.39, 0.29) is 41.6 Å². The number of hydrogen-bond acceptors (Lipinski definition) is 6. The van der Waals surface area contributed by atoms with Crippen molar-refractivity contribution < 1.29 is 29.0 Å². The topological polar surface area (TPSA) is 127 Å². The third-order valence-electron chi connectivity index (χ3n) is 6.99. The summed E-state index contributed by atoms with van der Waals surface area (Å²) in [6.07, 6.45) is 5.18. The molecule has 0 atom stereocenters. The number of amides is 2. The van der Waals surface area contributed by atoms with Crippen LogP contribution in [0, 0.1) is 0 Å². The van der Waals surface area contributed by atoms with Crippen molar-refractivity contribution in [1.82, 2.24) is 10.3 Å². The van der Waals surface area contributed by atoms with E-state index in [1.165, 1.54) is 6.07 Å². The Labute approximate surface area is 243 Å². The maximum atomic E-state index is 12.5. The summed E-state index contributed by atoms with van der Waals surface area (Å²) in [7, 11) is 0. The summed E-state index contributed by atoms with van der Waals surface area (Å²) >= 11 is 0. The second-order valence-corrected chi connectivity index (χ2v) is 10.1. The SMILES string of the molecule is O=C(Cc1ccc(Oc2ccc(OC3CCC(NC(=O)c4ccccn4)CC3)cc2)cc1)Nc1ccccc1C(=O)O. The van der Waals surface area contributed by atoms with Crippen molar-refractivity contribution in [3.05, 3.63) is 114 Å². The Morgan fingerprint density at radius 3 is 2.10 bits per heavy atom. The minimum Gasteiger partial charge on any atom is -0.490 e. The van der Waals surface area contributed by atoms with Gasteiger partial charge in [0.05, 0.1) is 23.8 Å². The molecule has 1 aromatic heterocycles. The second-order valence-electron chi connectivity index (χ2n) is 10.1. The molecule has 9 nitrogen and oxygen atoms in total. The van der Waals surface area contributed by atoms with Crippen molar-refractivity contribution in [3.8, 4) is 17.2 Å². The summed E-state index contributed by atoms with van der Waals surface area (Å²) < 4.78 is 12.1. The summed E-state index contributed by atoms with van der Waals surface area (Å²) in [5.74, 6) is 0.479. The molecule has 2 amide bonds. The number of aromatic nitrogens is 1. The lowest BCUT2D eigenvalue weighted by molar-refractivity contribution is -0.115. The molecule has 42 heavy (non-hydrogen) atoms. The van der Waals surface area contributed by atoms with Crippen LogP contribution in [-0.4, -0.2) is 40.0 Å². The fourth-order valence-electron chi connectivity index (χ4n) is 4.83. The molecule has 1 aliphatic rings. The highest BCUT2D eigenvalue weighted by Gasteiger charge is 2.24. The Morgan fingerprint density at radius 2 is 1.43 bits per heavy atom. The largest absolute Gasteiger partial charge is 0.490 e. The molecule has 0 radical (unpaired) electrons. The quantitative estimate of drug-likeness (QED) is 0.219. The lowest BCUT2D eigenvalue weighted by Gasteiger charge is -2.29. The van der Waals surface area contributed by atoms with Crippen LogP contribution in [0.2, 0.25) is 0 Å². The first kappa shape index (κ1) is 28.4. The Bertz CT molecular complexity index is 1520. The van der Waals surface area contributed by atoms with Crippen LogP contribution in [-0.2, 0) is 11.2 Å². The van der Waals surface area contributed by atoms with Crippen LogP contribution < -0.4 is 20.1 Å². The highest BCUT2D eigenvalue weighted by Crippen LogP contribution is 2.28. The fourth-order valence-corrected chi connectivity index (χ4v) is 4.83. The first-order valence-electron chi connectivity index (χ1n) is 13.8. The number of benzene rings is 3. The van der Waals surface area contributed by atoms with Crippen molar-refractivity contribution in [3.63, 3.8) is 0 Å². The van der Waals surface area contributed by atoms with Crippen molar-refractivity contribution in [2.75, 3.05) is 5.32 Å². The van der Waals surface area contributed by atoms with Crippen LogP contribution in [0.3, 0.4) is 0 Å². The van der Waals surface area contributed by atoms with Crippen molar-refractivity contribution in [2.45, 2.75) is 44.2 Å². The predicted octanol–water partition coefficient (Wildman–Crippen LogP) is 5.87. The molecule has 0 aliphatic heterocycles. The van der Waals surface area contributed by atoms with E-state index >= 15 is 0 Å². The monoisotopic (exact) mass is 565 g/mol. The van der Waals surface area contributed by atoms with Crippen LogP contribution >= 0.6 is 0 Å². The van der Waals surface area contributed by atoms with Gasteiger partial charge in [0.2, 0.25) is 5.91 Å². The number of carboxylic acids is 1. The lowest BCUT2D eigenvalue weighted by atomic mass is 9.93. The molecule has 1 heterocycles. The number of carbonyl (C=O) groups is 3. The molecule has 214 valence electrons. The maximum Gasteiger partial charge on any atom is 0.337 e. The van der Waals surface area contributed by atoms with Gasteiger partial charge in [0.15, 0.2) is 0 Å². The number of ether oxygens (including phenoxy) is 2. The summed E-state index contributed by atoms with van der Waals surface area (Å²) in [4.78, 5) is 40.3. The summed E-state index contributed by atoms with van der Waals surface area (Å²) in [6, 6.07) is 26.3. The molecule has 0 unspecified atom stereocenters. The molecule has 0 spiro atoms. The number of aromatic carboxylic acids is 1. The minimum atomic E-state index is -1.10. The number of hydrogen-bond donors (Lipinski definition) is 3. The smallest absolute Gasteiger partial charge is 0.337 e. The molecule has 0 bridgehead atoms.